The van der Waals surface area contributed by atoms with Crippen molar-refractivity contribution in [3.05, 3.63) is 97.5 Å². The molecular weight excluding hydrogens is 478 g/mol. The zero-order valence-electron chi connectivity index (χ0n) is 19.1. The molecule has 0 aliphatic heterocycles. The summed E-state index contributed by atoms with van der Waals surface area (Å²) >= 11 is 0. The Morgan fingerprint density at radius 1 is 0.778 bits per heavy atom. The lowest BCUT2D eigenvalue weighted by molar-refractivity contribution is 0.521. The number of hydrogen-bond acceptors (Lipinski definition) is 9. The van der Waals surface area contributed by atoms with Gasteiger partial charge in [0.05, 0.1) is 4.90 Å². The summed E-state index contributed by atoms with van der Waals surface area (Å²) in [7, 11) is -3.76. The molecule has 0 atom stereocenters. The summed E-state index contributed by atoms with van der Waals surface area (Å²) in [4.78, 5) is 17.0. The number of aromatic nitrogens is 4. The maximum Gasteiger partial charge on any atom is 0.261 e. The van der Waals surface area contributed by atoms with Crippen LogP contribution in [0.15, 0.2) is 101 Å². The van der Waals surface area contributed by atoms with Crippen molar-refractivity contribution in [1.29, 1.82) is 0 Å². The number of benzene rings is 2. The Morgan fingerprint density at radius 2 is 1.50 bits per heavy atom. The fourth-order valence-corrected chi connectivity index (χ4v) is 4.40. The Hall–Kier alpha value is -4.77. The quantitative estimate of drug-likeness (QED) is 0.266. The van der Waals surface area contributed by atoms with Crippen LogP contribution >= 0.6 is 0 Å². The molecule has 0 saturated heterocycles. The van der Waals surface area contributed by atoms with Crippen LogP contribution in [0.3, 0.4) is 0 Å². The summed E-state index contributed by atoms with van der Waals surface area (Å²) < 4.78 is 33.5. The minimum Gasteiger partial charge on any atom is -0.449 e. The molecule has 180 valence electrons. The van der Waals surface area contributed by atoms with Gasteiger partial charge in [0.1, 0.15) is 35.7 Å². The third-order valence-electron chi connectivity index (χ3n) is 5.08. The summed E-state index contributed by atoms with van der Waals surface area (Å²) in [5.41, 5.74) is 2.57. The van der Waals surface area contributed by atoms with E-state index in [2.05, 4.69) is 35.3 Å². The third kappa shape index (κ3) is 5.47. The molecule has 0 saturated carbocycles. The van der Waals surface area contributed by atoms with E-state index in [1.807, 2.05) is 18.2 Å². The molecule has 0 aliphatic rings. The Labute approximate surface area is 207 Å². The Balaban J connectivity index is 1.24. The first kappa shape index (κ1) is 23.0. The molecular formula is C25H21N7O3S. The van der Waals surface area contributed by atoms with Crippen molar-refractivity contribution in [1.82, 2.24) is 19.9 Å². The maximum atomic E-state index is 12.8. The van der Waals surface area contributed by atoms with Gasteiger partial charge in [-0.05, 0) is 48.5 Å². The summed E-state index contributed by atoms with van der Waals surface area (Å²) in [6.07, 6.45) is 4.66. The van der Waals surface area contributed by atoms with Crippen LogP contribution in [0, 0.1) is 6.92 Å². The van der Waals surface area contributed by atoms with Crippen molar-refractivity contribution in [2.45, 2.75) is 11.8 Å². The van der Waals surface area contributed by atoms with E-state index in [0.29, 0.717) is 34.7 Å². The monoisotopic (exact) mass is 499 g/mol. The summed E-state index contributed by atoms with van der Waals surface area (Å²) in [6.45, 7) is 1.75. The average Bonchev–Trinajstić information content (AvgIpc) is 3.32. The third-order valence-corrected chi connectivity index (χ3v) is 6.47. The number of aryl methyl sites for hydroxylation is 1. The molecule has 10 nitrogen and oxygen atoms in total. The van der Waals surface area contributed by atoms with Crippen LogP contribution in [-0.2, 0) is 10.0 Å². The number of rotatable bonds is 8. The molecule has 0 amide bonds. The minimum atomic E-state index is -3.76. The SMILES string of the molecule is Cc1nc(-c2ccc(S(=O)(=O)Nc3ccc(Nc4cc(Nc5ccccn5)ncn4)cc3)cc2)co1. The van der Waals surface area contributed by atoms with E-state index in [4.69, 9.17) is 4.42 Å². The lowest BCUT2D eigenvalue weighted by atomic mass is 10.2. The van der Waals surface area contributed by atoms with E-state index in [1.165, 1.54) is 24.7 Å². The largest absolute Gasteiger partial charge is 0.449 e. The first-order valence-electron chi connectivity index (χ1n) is 10.9. The van der Waals surface area contributed by atoms with Gasteiger partial charge in [-0.2, -0.15) is 0 Å². The molecule has 0 spiro atoms. The molecule has 2 aromatic carbocycles. The zero-order chi connectivity index (χ0) is 25.0. The zero-order valence-corrected chi connectivity index (χ0v) is 19.9. The van der Waals surface area contributed by atoms with Gasteiger partial charge in [-0.1, -0.05) is 18.2 Å². The normalized spacial score (nSPS) is 11.1. The molecule has 36 heavy (non-hydrogen) atoms. The van der Waals surface area contributed by atoms with Crippen LogP contribution in [0.4, 0.5) is 28.8 Å². The second-order valence-corrected chi connectivity index (χ2v) is 9.39. The van der Waals surface area contributed by atoms with E-state index >= 15 is 0 Å². The number of anilines is 5. The van der Waals surface area contributed by atoms with Gasteiger partial charge in [-0.15, -0.1) is 0 Å². The first-order valence-corrected chi connectivity index (χ1v) is 12.4. The highest BCUT2D eigenvalue weighted by atomic mass is 32.2. The Bertz CT molecular complexity index is 1570. The van der Waals surface area contributed by atoms with Crippen molar-refractivity contribution in [2.24, 2.45) is 0 Å². The predicted octanol–water partition coefficient (Wildman–Crippen LogP) is 5.12. The van der Waals surface area contributed by atoms with E-state index in [1.54, 1.807) is 55.6 Å². The first-order chi connectivity index (χ1) is 17.4. The smallest absolute Gasteiger partial charge is 0.261 e. The summed E-state index contributed by atoms with van der Waals surface area (Å²) in [6, 6.07) is 20.6. The highest BCUT2D eigenvalue weighted by molar-refractivity contribution is 7.92. The maximum absolute atomic E-state index is 12.8. The van der Waals surface area contributed by atoms with Crippen molar-refractivity contribution < 1.29 is 12.8 Å². The number of hydrogen-bond donors (Lipinski definition) is 3. The van der Waals surface area contributed by atoms with E-state index in [-0.39, 0.29) is 4.90 Å². The lowest BCUT2D eigenvalue weighted by Gasteiger charge is -2.11. The van der Waals surface area contributed by atoms with Crippen LogP contribution in [-0.4, -0.2) is 28.4 Å². The Kier molecular flexibility index (Phi) is 6.29. The van der Waals surface area contributed by atoms with Crippen LogP contribution in [0.1, 0.15) is 5.89 Å². The van der Waals surface area contributed by atoms with Crippen molar-refractivity contribution in [2.75, 3.05) is 15.4 Å². The second-order valence-electron chi connectivity index (χ2n) is 7.71. The van der Waals surface area contributed by atoms with Crippen molar-refractivity contribution >= 4 is 38.9 Å². The number of pyridine rings is 1. The number of oxazole rings is 1. The van der Waals surface area contributed by atoms with Crippen LogP contribution < -0.4 is 15.4 Å². The number of nitrogens with one attached hydrogen (secondary N) is 3. The Morgan fingerprint density at radius 3 is 2.17 bits per heavy atom. The van der Waals surface area contributed by atoms with Gasteiger partial charge < -0.3 is 15.1 Å². The molecule has 5 aromatic rings. The minimum absolute atomic E-state index is 0.141. The molecule has 3 aromatic heterocycles. The predicted molar refractivity (Wildman–Crippen MR) is 137 cm³/mol. The molecule has 5 rings (SSSR count). The molecule has 0 fully saturated rings. The van der Waals surface area contributed by atoms with Crippen LogP contribution in [0.25, 0.3) is 11.3 Å². The van der Waals surface area contributed by atoms with Gasteiger partial charge in [-0.25, -0.2) is 28.4 Å². The topological polar surface area (TPSA) is 135 Å². The lowest BCUT2D eigenvalue weighted by Crippen LogP contribution is -2.12. The summed E-state index contributed by atoms with van der Waals surface area (Å²) in [5, 5.41) is 6.28. The molecule has 0 radical (unpaired) electrons. The summed E-state index contributed by atoms with van der Waals surface area (Å²) in [5.74, 6) is 2.36. The van der Waals surface area contributed by atoms with Crippen LogP contribution in [0.5, 0.6) is 0 Å². The highest BCUT2D eigenvalue weighted by Gasteiger charge is 2.15. The highest BCUT2D eigenvalue weighted by Crippen LogP contribution is 2.24. The molecule has 0 unspecified atom stereocenters. The molecule has 3 N–H and O–H groups in total. The number of nitrogens with zero attached hydrogens (tertiary/aromatic N) is 4. The van der Waals surface area contributed by atoms with Crippen molar-refractivity contribution in [3.8, 4) is 11.3 Å². The van der Waals surface area contributed by atoms with Gasteiger partial charge in [0.2, 0.25) is 0 Å². The fraction of sp³-hybridized carbons (Fsp3) is 0.0400. The fourth-order valence-electron chi connectivity index (χ4n) is 3.35. The molecule has 3 heterocycles. The van der Waals surface area contributed by atoms with Gasteiger partial charge >= 0.3 is 0 Å². The van der Waals surface area contributed by atoms with E-state index in [0.717, 1.165) is 11.3 Å². The van der Waals surface area contributed by atoms with Gasteiger partial charge in [0.25, 0.3) is 10.0 Å². The van der Waals surface area contributed by atoms with Crippen molar-refractivity contribution in [3.63, 3.8) is 0 Å². The van der Waals surface area contributed by atoms with Crippen LogP contribution in [0.2, 0.25) is 0 Å². The van der Waals surface area contributed by atoms with E-state index in [9.17, 15) is 8.42 Å². The molecule has 0 aliphatic carbocycles. The standard InChI is InChI=1S/C25H21N7O3S/c1-17-29-22(15-35-17)18-5-11-21(12-6-18)36(33,34)32-20-9-7-19(8-10-20)30-24-14-25(28-16-27-24)31-23-4-2-3-13-26-23/h2-16,32H,1H3,(H2,26,27,28,30,31). The van der Waals surface area contributed by atoms with E-state index < -0.39 is 10.0 Å². The van der Waals surface area contributed by atoms with Gasteiger partial charge in [0.15, 0.2) is 5.89 Å². The van der Waals surface area contributed by atoms with Gasteiger partial charge in [-0.3, -0.25) is 4.72 Å². The second kappa shape index (κ2) is 9.84. The number of sulfonamides is 1. The molecule has 11 heteroatoms. The van der Waals surface area contributed by atoms with Gasteiger partial charge in [0, 0.05) is 36.1 Å². The molecule has 0 bridgehead atoms. The average molecular weight is 500 g/mol.